The van der Waals surface area contributed by atoms with Gasteiger partial charge in [0.2, 0.25) is 11.8 Å². The highest BCUT2D eigenvalue weighted by Crippen LogP contribution is 2.21. The van der Waals surface area contributed by atoms with Gasteiger partial charge in [-0.1, -0.05) is 42.5 Å². The quantitative estimate of drug-likeness (QED) is 0.816. The van der Waals surface area contributed by atoms with Crippen molar-refractivity contribution in [1.29, 1.82) is 0 Å². The highest BCUT2D eigenvalue weighted by molar-refractivity contribution is 5.95. The standard InChI is InChI=1S/C20H23N3O2.ClH/c21-18(13-15-5-2-1-3-6-15)20(25)22-14-16-8-10-17(11-9-16)23-12-4-7-19(23)24;/h1-3,5-6,8-11,18H,4,7,12-14,21H2,(H,22,25);1H. The molecule has 6 heteroatoms. The Bertz CT molecular complexity index is 734. The molecule has 0 aliphatic carbocycles. The van der Waals surface area contributed by atoms with E-state index in [4.69, 9.17) is 5.73 Å². The molecule has 0 saturated carbocycles. The summed E-state index contributed by atoms with van der Waals surface area (Å²) in [4.78, 5) is 25.7. The van der Waals surface area contributed by atoms with E-state index < -0.39 is 6.04 Å². The molecule has 0 aromatic heterocycles. The molecule has 0 bridgehead atoms. The Morgan fingerprint density at radius 1 is 1.08 bits per heavy atom. The van der Waals surface area contributed by atoms with Gasteiger partial charge >= 0.3 is 0 Å². The smallest absolute Gasteiger partial charge is 0.237 e. The molecule has 138 valence electrons. The lowest BCUT2D eigenvalue weighted by Gasteiger charge is -2.16. The largest absolute Gasteiger partial charge is 0.351 e. The molecule has 1 aliphatic heterocycles. The Hall–Kier alpha value is -2.37. The van der Waals surface area contributed by atoms with E-state index in [0.717, 1.165) is 29.8 Å². The number of halogens is 1. The molecule has 2 aromatic rings. The van der Waals surface area contributed by atoms with Gasteiger partial charge in [0.1, 0.15) is 0 Å². The summed E-state index contributed by atoms with van der Waals surface area (Å²) in [5.41, 5.74) is 8.92. The van der Waals surface area contributed by atoms with Crippen molar-refractivity contribution in [3.8, 4) is 0 Å². The van der Waals surface area contributed by atoms with Crippen LogP contribution in [0.2, 0.25) is 0 Å². The van der Waals surface area contributed by atoms with Crippen LogP contribution in [0, 0.1) is 0 Å². The summed E-state index contributed by atoms with van der Waals surface area (Å²) >= 11 is 0. The van der Waals surface area contributed by atoms with Gasteiger partial charge in [-0.15, -0.1) is 12.4 Å². The molecule has 1 unspecified atom stereocenters. The summed E-state index contributed by atoms with van der Waals surface area (Å²) in [7, 11) is 0. The van der Waals surface area contributed by atoms with Gasteiger partial charge < -0.3 is 16.0 Å². The molecule has 2 amide bonds. The van der Waals surface area contributed by atoms with Crippen LogP contribution in [0.25, 0.3) is 0 Å². The van der Waals surface area contributed by atoms with Gasteiger partial charge in [-0.2, -0.15) is 0 Å². The van der Waals surface area contributed by atoms with Gasteiger partial charge in [0.15, 0.2) is 0 Å². The predicted octanol–water partition coefficient (Wildman–Crippen LogP) is 2.42. The van der Waals surface area contributed by atoms with E-state index in [1.54, 1.807) is 4.90 Å². The van der Waals surface area contributed by atoms with Gasteiger partial charge in [0.25, 0.3) is 0 Å². The van der Waals surface area contributed by atoms with E-state index in [1.807, 2.05) is 54.6 Å². The monoisotopic (exact) mass is 373 g/mol. The lowest BCUT2D eigenvalue weighted by Crippen LogP contribution is -2.41. The number of hydrogen-bond acceptors (Lipinski definition) is 3. The van der Waals surface area contributed by atoms with E-state index >= 15 is 0 Å². The van der Waals surface area contributed by atoms with E-state index in [0.29, 0.717) is 19.4 Å². The van der Waals surface area contributed by atoms with Crippen molar-refractivity contribution in [3.05, 3.63) is 65.7 Å². The minimum atomic E-state index is -0.566. The van der Waals surface area contributed by atoms with Crippen LogP contribution in [0.15, 0.2) is 54.6 Å². The molecular formula is C20H24ClN3O2. The molecule has 1 heterocycles. The minimum absolute atomic E-state index is 0. The summed E-state index contributed by atoms with van der Waals surface area (Å²) in [6, 6.07) is 16.9. The van der Waals surface area contributed by atoms with Crippen molar-refractivity contribution in [3.63, 3.8) is 0 Å². The van der Waals surface area contributed by atoms with Gasteiger partial charge in [0, 0.05) is 25.2 Å². The summed E-state index contributed by atoms with van der Waals surface area (Å²) in [6.07, 6.45) is 2.05. The maximum Gasteiger partial charge on any atom is 0.237 e. The fraction of sp³-hybridized carbons (Fsp3) is 0.300. The number of benzene rings is 2. The Morgan fingerprint density at radius 3 is 2.38 bits per heavy atom. The second-order valence-electron chi connectivity index (χ2n) is 6.33. The number of amides is 2. The number of nitrogens with two attached hydrogens (primary N) is 1. The Kier molecular flexibility index (Phi) is 7.18. The van der Waals surface area contributed by atoms with Crippen molar-refractivity contribution in [2.45, 2.75) is 31.8 Å². The molecular weight excluding hydrogens is 350 g/mol. The number of anilines is 1. The first-order chi connectivity index (χ1) is 12.1. The van der Waals surface area contributed by atoms with E-state index in [9.17, 15) is 9.59 Å². The number of carbonyl (C=O) groups excluding carboxylic acids is 2. The van der Waals surface area contributed by atoms with Crippen molar-refractivity contribution in [1.82, 2.24) is 5.32 Å². The van der Waals surface area contributed by atoms with Crippen molar-refractivity contribution in [2.75, 3.05) is 11.4 Å². The molecule has 0 radical (unpaired) electrons. The van der Waals surface area contributed by atoms with Crippen molar-refractivity contribution < 1.29 is 9.59 Å². The van der Waals surface area contributed by atoms with Crippen molar-refractivity contribution in [2.24, 2.45) is 5.73 Å². The summed E-state index contributed by atoms with van der Waals surface area (Å²) in [5, 5.41) is 2.87. The number of nitrogens with one attached hydrogen (secondary N) is 1. The Balaban J connectivity index is 0.00000243. The molecule has 1 atom stereocenters. The molecule has 3 N–H and O–H groups in total. The van der Waals surface area contributed by atoms with Gasteiger partial charge in [-0.25, -0.2) is 0 Å². The predicted molar refractivity (Wildman–Crippen MR) is 105 cm³/mol. The maximum absolute atomic E-state index is 12.2. The molecule has 5 nitrogen and oxygen atoms in total. The highest BCUT2D eigenvalue weighted by Gasteiger charge is 2.21. The fourth-order valence-electron chi connectivity index (χ4n) is 3.00. The first kappa shape index (κ1) is 19.9. The summed E-state index contributed by atoms with van der Waals surface area (Å²) < 4.78 is 0. The van der Waals surface area contributed by atoms with Crippen LogP contribution in [0.1, 0.15) is 24.0 Å². The van der Waals surface area contributed by atoms with Crippen LogP contribution < -0.4 is 16.0 Å². The van der Waals surface area contributed by atoms with Crippen LogP contribution in [-0.4, -0.2) is 24.4 Å². The van der Waals surface area contributed by atoms with Gasteiger partial charge in [-0.3, -0.25) is 9.59 Å². The SMILES string of the molecule is Cl.NC(Cc1ccccc1)C(=O)NCc1ccc(N2CCCC2=O)cc1. The lowest BCUT2D eigenvalue weighted by atomic mass is 10.1. The summed E-state index contributed by atoms with van der Waals surface area (Å²) in [6.45, 7) is 1.21. The van der Waals surface area contributed by atoms with Crippen LogP contribution in [-0.2, 0) is 22.6 Å². The van der Waals surface area contributed by atoms with Crippen LogP contribution in [0.5, 0.6) is 0 Å². The molecule has 1 saturated heterocycles. The average molecular weight is 374 g/mol. The van der Waals surface area contributed by atoms with Crippen LogP contribution in [0.4, 0.5) is 5.69 Å². The van der Waals surface area contributed by atoms with Gasteiger partial charge in [-0.05, 0) is 36.1 Å². The molecule has 1 fully saturated rings. The van der Waals surface area contributed by atoms with E-state index in [1.165, 1.54) is 0 Å². The fourth-order valence-corrected chi connectivity index (χ4v) is 3.00. The molecule has 26 heavy (non-hydrogen) atoms. The van der Waals surface area contributed by atoms with E-state index in [-0.39, 0.29) is 24.2 Å². The number of rotatable bonds is 6. The second-order valence-corrected chi connectivity index (χ2v) is 6.33. The second kappa shape index (κ2) is 9.36. The molecule has 1 aliphatic rings. The topological polar surface area (TPSA) is 75.4 Å². The van der Waals surface area contributed by atoms with Gasteiger partial charge in [0.05, 0.1) is 6.04 Å². The third-order valence-corrected chi connectivity index (χ3v) is 4.42. The minimum Gasteiger partial charge on any atom is -0.351 e. The number of nitrogens with zero attached hydrogens (tertiary/aromatic N) is 1. The average Bonchev–Trinajstić information content (AvgIpc) is 3.07. The van der Waals surface area contributed by atoms with Crippen LogP contribution in [0.3, 0.4) is 0 Å². The highest BCUT2D eigenvalue weighted by atomic mass is 35.5. The van der Waals surface area contributed by atoms with Crippen LogP contribution >= 0.6 is 12.4 Å². The molecule has 2 aromatic carbocycles. The lowest BCUT2D eigenvalue weighted by molar-refractivity contribution is -0.122. The maximum atomic E-state index is 12.2. The normalized spacial score (nSPS) is 14.7. The third-order valence-electron chi connectivity index (χ3n) is 4.42. The zero-order valence-electron chi connectivity index (χ0n) is 14.6. The van der Waals surface area contributed by atoms with E-state index in [2.05, 4.69) is 5.32 Å². The first-order valence-corrected chi connectivity index (χ1v) is 8.60. The van der Waals surface area contributed by atoms with Crippen molar-refractivity contribution >= 4 is 29.9 Å². The number of hydrogen-bond donors (Lipinski definition) is 2. The summed E-state index contributed by atoms with van der Waals surface area (Å²) in [5.74, 6) is 0.00980. The Labute approximate surface area is 160 Å². The zero-order valence-corrected chi connectivity index (χ0v) is 15.4. The molecule has 0 spiro atoms. The number of carbonyl (C=O) groups is 2. The third kappa shape index (κ3) is 5.07. The first-order valence-electron chi connectivity index (χ1n) is 8.60. The molecule has 3 rings (SSSR count). The Morgan fingerprint density at radius 2 is 1.77 bits per heavy atom. The zero-order chi connectivity index (χ0) is 17.6.